The SMILES string of the molecule is CC/C=C\C/C=C\C/C=C\C/C=C\C/C=C\CCCCCCCCCCCCCCCCCC(=O)NC(COC1OC(CO)C(O)C(O)C1O)C(O)CCCCCCCCCCCCCCCCCCCCCC. The Balaban J connectivity index is 2.15. The van der Waals surface area contributed by atoms with Crippen LogP contribution < -0.4 is 5.32 Å². The summed E-state index contributed by atoms with van der Waals surface area (Å²) < 4.78 is 11.3. The maximum absolute atomic E-state index is 13.1. The van der Waals surface area contributed by atoms with Gasteiger partial charge in [0, 0.05) is 6.42 Å². The van der Waals surface area contributed by atoms with Crippen LogP contribution in [0.15, 0.2) is 60.8 Å². The maximum atomic E-state index is 13.1. The first-order chi connectivity index (χ1) is 36.3. The summed E-state index contributed by atoms with van der Waals surface area (Å²) in [5.41, 5.74) is 0. The molecule has 1 saturated heterocycles. The van der Waals surface area contributed by atoms with Crippen LogP contribution in [0, 0.1) is 0 Å². The van der Waals surface area contributed by atoms with Crippen molar-refractivity contribution < 1.29 is 39.8 Å². The molecule has 7 unspecified atom stereocenters. The molecule has 7 atom stereocenters. The van der Waals surface area contributed by atoms with Crippen LogP contribution in [0.4, 0.5) is 0 Å². The molecular formula is C65H119NO8. The fourth-order valence-electron chi connectivity index (χ4n) is 9.96. The molecule has 74 heavy (non-hydrogen) atoms. The van der Waals surface area contributed by atoms with E-state index in [0.29, 0.717) is 12.8 Å². The number of carbonyl (C=O) groups excluding carboxylic acids is 1. The summed E-state index contributed by atoms with van der Waals surface area (Å²) in [6, 6.07) is -0.721. The maximum Gasteiger partial charge on any atom is 0.220 e. The van der Waals surface area contributed by atoms with Crippen LogP contribution in [0.1, 0.15) is 290 Å². The quantitative estimate of drug-likeness (QED) is 0.0261. The Morgan fingerprint density at radius 3 is 1.24 bits per heavy atom. The van der Waals surface area contributed by atoms with Crippen molar-refractivity contribution in [2.45, 2.75) is 333 Å². The Bertz CT molecular complexity index is 1350. The standard InChI is InChI=1S/C65H119NO8/c1-3-5-7-9-11-13-15-17-19-21-23-25-26-27-28-29-30-31-32-33-34-35-37-39-41-43-45-47-49-51-53-55-61(69)66-58(57-73-65-64(72)63(71)62(70)60(56-67)74-65)59(68)54-52-50-48-46-44-42-40-38-36-24-22-20-18-16-14-12-10-8-6-4-2/h5,7,11,13,17,19,23,25,27-28,58-60,62-65,67-68,70-72H,3-4,6,8-10,12,14-16,18,20-22,24,26,29-57H2,1-2H3,(H,66,69)/b7-5-,13-11-,19-17-,25-23-,28-27-. The lowest BCUT2D eigenvalue weighted by molar-refractivity contribution is -0.302. The summed E-state index contributed by atoms with van der Waals surface area (Å²) in [6.07, 6.45) is 66.9. The number of allylic oxidation sites excluding steroid dienone is 10. The zero-order valence-electron chi connectivity index (χ0n) is 48.1. The van der Waals surface area contributed by atoms with Crippen molar-refractivity contribution in [1.82, 2.24) is 5.32 Å². The number of ether oxygens (including phenoxy) is 2. The predicted octanol–water partition coefficient (Wildman–Crippen LogP) is 16.2. The van der Waals surface area contributed by atoms with Crippen LogP contribution in [0.5, 0.6) is 0 Å². The second-order valence-electron chi connectivity index (χ2n) is 21.8. The molecule has 0 aliphatic carbocycles. The highest BCUT2D eigenvalue weighted by molar-refractivity contribution is 5.76. The Labute approximate surface area is 456 Å². The van der Waals surface area contributed by atoms with Crippen molar-refractivity contribution >= 4 is 5.91 Å². The minimum atomic E-state index is -1.55. The topological polar surface area (TPSA) is 149 Å². The number of aliphatic hydroxyl groups is 5. The van der Waals surface area contributed by atoms with Crippen molar-refractivity contribution in [3.63, 3.8) is 0 Å². The van der Waals surface area contributed by atoms with Crippen LogP contribution in [0.3, 0.4) is 0 Å². The van der Waals surface area contributed by atoms with E-state index in [9.17, 15) is 30.3 Å². The lowest BCUT2D eigenvalue weighted by atomic mass is 9.99. The number of unbranched alkanes of at least 4 members (excludes halogenated alkanes) is 34. The van der Waals surface area contributed by atoms with Gasteiger partial charge in [-0.2, -0.15) is 0 Å². The van der Waals surface area contributed by atoms with Gasteiger partial charge in [-0.25, -0.2) is 0 Å². The first-order valence-electron chi connectivity index (χ1n) is 31.5. The van der Waals surface area contributed by atoms with Gasteiger partial charge in [0.25, 0.3) is 0 Å². The zero-order chi connectivity index (χ0) is 53.6. The van der Waals surface area contributed by atoms with Gasteiger partial charge in [0.15, 0.2) is 6.29 Å². The van der Waals surface area contributed by atoms with Gasteiger partial charge in [-0.3, -0.25) is 4.79 Å². The smallest absolute Gasteiger partial charge is 0.220 e. The van der Waals surface area contributed by atoms with Crippen LogP contribution in [0.2, 0.25) is 0 Å². The third-order valence-corrected chi connectivity index (χ3v) is 14.9. The van der Waals surface area contributed by atoms with E-state index in [-0.39, 0.29) is 12.5 Å². The molecule has 9 heteroatoms. The number of aliphatic hydroxyl groups excluding tert-OH is 5. The fraction of sp³-hybridized carbons (Fsp3) is 0.831. The van der Waals surface area contributed by atoms with Crippen LogP contribution in [-0.2, 0) is 14.3 Å². The molecule has 0 bridgehead atoms. The Morgan fingerprint density at radius 2 is 0.838 bits per heavy atom. The van der Waals surface area contributed by atoms with E-state index in [1.165, 1.54) is 193 Å². The second-order valence-corrected chi connectivity index (χ2v) is 21.8. The van der Waals surface area contributed by atoms with Gasteiger partial charge in [-0.05, 0) is 57.8 Å². The van der Waals surface area contributed by atoms with E-state index in [1.807, 2.05) is 0 Å². The lowest BCUT2D eigenvalue weighted by Gasteiger charge is -2.40. The fourth-order valence-corrected chi connectivity index (χ4v) is 9.96. The molecule has 0 radical (unpaired) electrons. The summed E-state index contributed by atoms with van der Waals surface area (Å²) in [5, 5.41) is 54.8. The average molecular weight is 1040 g/mol. The van der Waals surface area contributed by atoms with Gasteiger partial charge in [0.2, 0.25) is 5.91 Å². The molecule has 9 nitrogen and oxygen atoms in total. The first kappa shape index (κ1) is 69.9. The third kappa shape index (κ3) is 42.9. The zero-order valence-corrected chi connectivity index (χ0v) is 48.1. The first-order valence-corrected chi connectivity index (χ1v) is 31.5. The Kier molecular flexibility index (Phi) is 51.3. The number of nitrogens with one attached hydrogen (secondary N) is 1. The number of carbonyl (C=O) groups is 1. The molecule has 6 N–H and O–H groups in total. The lowest BCUT2D eigenvalue weighted by Crippen LogP contribution is -2.60. The van der Waals surface area contributed by atoms with E-state index in [4.69, 9.17) is 9.47 Å². The van der Waals surface area contributed by atoms with Gasteiger partial charge < -0.3 is 40.3 Å². The van der Waals surface area contributed by atoms with E-state index in [1.54, 1.807) is 0 Å². The monoisotopic (exact) mass is 1040 g/mol. The molecule has 1 rings (SSSR count). The van der Waals surface area contributed by atoms with Gasteiger partial charge in [-0.15, -0.1) is 0 Å². The number of rotatable bonds is 54. The van der Waals surface area contributed by atoms with Crippen LogP contribution in [0.25, 0.3) is 0 Å². The minimum Gasteiger partial charge on any atom is -0.394 e. The number of amides is 1. The van der Waals surface area contributed by atoms with Gasteiger partial charge in [0.05, 0.1) is 25.4 Å². The van der Waals surface area contributed by atoms with Crippen molar-refractivity contribution in [3.8, 4) is 0 Å². The van der Waals surface area contributed by atoms with E-state index < -0.39 is 49.5 Å². The van der Waals surface area contributed by atoms with Crippen molar-refractivity contribution in [1.29, 1.82) is 0 Å². The van der Waals surface area contributed by atoms with E-state index in [2.05, 4.69) is 79.9 Å². The molecule has 1 amide bonds. The highest BCUT2D eigenvalue weighted by Crippen LogP contribution is 2.23. The molecule has 1 heterocycles. The highest BCUT2D eigenvalue weighted by Gasteiger charge is 2.44. The van der Waals surface area contributed by atoms with Crippen molar-refractivity contribution in [2.24, 2.45) is 0 Å². The van der Waals surface area contributed by atoms with Crippen LogP contribution >= 0.6 is 0 Å². The molecular weight excluding hydrogens is 923 g/mol. The molecule has 0 spiro atoms. The molecule has 0 saturated carbocycles. The van der Waals surface area contributed by atoms with Gasteiger partial charge in [-0.1, -0.05) is 286 Å². The Hall–Kier alpha value is -2.11. The minimum absolute atomic E-state index is 0.137. The number of hydrogen-bond donors (Lipinski definition) is 6. The third-order valence-electron chi connectivity index (χ3n) is 14.9. The molecule has 1 aliphatic rings. The predicted molar refractivity (Wildman–Crippen MR) is 313 cm³/mol. The summed E-state index contributed by atoms with van der Waals surface area (Å²) >= 11 is 0. The second kappa shape index (κ2) is 54.3. The average Bonchev–Trinajstić information content (AvgIpc) is 3.40. The largest absolute Gasteiger partial charge is 0.394 e. The van der Waals surface area contributed by atoms with Crippen LogP contribution in [-0.4, -0.2) is 87.5 Å². The number of hydrogen-bond acceptors (Lipinski definition) is 8. The van der Waals surface area contributed by atoms with Crippen molar-refractivity contribution in [2.75, 3.05) is 13.2 Å². The normalized spacial score (nSPS) is 19.4. The van der Waals surface area contributed by atoms with E-state index >= 15 is 0 Å². The molecule has 0 aromatic carbocycles. The molecule has 432 valence electrons. The van der Waals surface area contributed by atoms with Gasteiger partial charge in [0.1, 0.15) is 24.4 Å². The van der Waals surface area contributed by atoms with Crippen molar-refractivity contribution in [3.05, 3.63) is 60.8 Å². The highest BCUT2D eigenvalue weighted by atomic mass is 16.7. The summed E-state index contributed by atoms with van der Waals surface area (Å²) in [5.74, 6) is -0.142. The van der Waals surface area contributed by atoms with Gasteiger partial charge >= 0.3 is 0 Å². The summed E-state index contributed by atoms with van der Waals surface area (Å²) in [4.78, 5) is 13.1. The summed E-state index contributed by atoms with van der Waals surface area (Å²) in [7, 11) is 0. The molecule has 0 aromatic rings. The summed E-state index contributed by atoms with van der Waals surface area (Å²) in [6.45, 7) is 3.76. The molecule has 1 aliphatic heterocycles. The molecule has 0 aromatic heterocycles. The van der Waals surface area contributed by atoms with E-state index in [0.717, 1.165) is 70.6 Å². The molecule has 1 fully saturated rings. The Morgan fingerprint density at radius 1 is 0.473 bits per heavy atom.